The number of halogens is 9. The summed E-state index contributed by atoms with van der Waals surface area (Å²) in [4.78, 5) is 28.9. The van der Waals surface area contributed by atoms with Crippen molar-refractivity contribution < 1.29 is 68.1 Å². The SMILES string of the molecule is CCCOC(=O)C/C=C(/Cc1ccc(OC(F)(F)F)cc1)C(=O)NC1=NC(OCC(F)(F)F)=CC(OCC(F)(F)F)=CC1. The third-order valence-electron chi connectivity index (χ3n) is 4.88. The van der Waals surface area contributed by atoms with E-state index in [9.17, 15) is 49.1 Å². The highest BCUT2D eigenvalue weighted by molar-refractivity contribution is 6.07. The second-order valence-electron chi connectivity index (χ2n) is 8.64. The fourth-order valence-corrected chi connectivity index (χ4v) is 3.13. The predicted octanol–water partition coefficient (Wildman–Crippen LogP) is 6.20. The number of hydrogen-bond donors (Lipinski definition) is 1. The van der Waals surface area contributed by atoms with Crippen LogP contribution >= 0.6 is 0 Å². The number of aliphatic imine (C=N–C) groups is 1. The Labute approximate surface area is 238 Å². The van der Waals surface area contributed by atoms with Crippen molar-refractivity contribution in [1.29, 1.82) is 0 Å². The number of amides is 1. The molecule has 1 N–H and O–H groups in total. The third kappa shape index (κ3) is 15.0. The molecule has 0 aromatic heterocycles. The van der Waals surface area contributed by atoms with E-state index in [1.165, 1.54) is 18.2 Å². The van der Waals surface area contributed by atoms with Crippen LogP contribution in [0.1, 0.15) is 31.7 Å². The molecule has 1 heterocycles. The molecule has 238 valence electrons. The minimum atomic E-state index is -4.94. The monoisotopic (exact) mass is 632 g/mol. The predicted molar refractivity (Wildman–Crippen MR) is 131 cm³/mol. The first-order valence-electron chi connectivity index (χ1n) is 12.3. The molecule has 0 fully saturated rings. The lowest BCUT2D eigenvalue weighted by Gasteiger charge is -2.13. The van der Waals surface area contributed by atoms with Gasteiger partial charge in [0.1, 0.15) is 17.3 Å². The molecule has 2 rings (SSSR count). The highest BCUT2D eigenvalue weighted by Crippen LogP contribution is 2.25. The van der Waals surface area contributed by atoms with E-state index in [4.69, 9.17) is 4.74 Å². The van der Waals surface area contributed by atoms with Gasteiger partial charge in [0.15, 0.2) is 13.2 Å². The maximum atomic E-state index is 13.1. The van der Waals surface area contributed by atoms with Crippen molar-refractivity contribution in [3.8, 4) is 5.75 Å². The lowest BCUT2D eigenvalue weighted by Crippen LogP contribution is -2.32. The van der Waals surface area contributed by atoms with Crippen LogP contribution in [0.4, 0.5) is 39.5 Å². The number of rotatable bonds is 12. The van der Waals surface area contributed by atoms with E-state index in [2.05, 4.69) is 24.5 Å². The van der Waals surface area contributed by atoms with E-state index in [1.807, 2.05) is 0 Å². The van der Waals surface area contributed by atoms with Crippen molar-refractivity contribution in [2.45, 2.75) is 51.3 Å². The maximum absolute atomic E-state index is 13.1. The Morgan fingerprint density at radius 1 is 0.953 bits per heavy atom. The summed E-state index contributed by atoms with van der Waals surface area (Å²) >= 11 is 0. The summed E-state index contributed by atoms with van der Waals surface area (Å²) in [6.07, 6.45) is -12.2. The number of carbonyl (C=O) groups excluding carboxylic acids is 2. The third-order valence-corrected chi connectivity index (χ3v) is 4.88. The number of carbonyl (C=O) groups is 2. The first-order chi connectivity index (χ1) is 19.9. The fourth-order valence-electron chi connectivity index (χ4n) is 3.13. The Bertz CT molecular complexity index is 1230. The minimum absolute atomic E-state index is 0.101. The molecule has 0 saturated carbocycles. The highest BCUT2D eigenvalue weighted by atomic mass is 19.4. The highest BCUT2D eigenvalue weighted by Gasteiger charge is 2.32. The first-order valence-corrected chi connectivity index (χ1v) is 12.3. The lowest BCUT2D eigenvalue weighted by molar-refractivity contribution is -0.274. The molecule has 0 aliphatic carbocycles. The van der Waals surface area contributed by atoms with Crippen LogP contribution in [0, 0.1) is 0 Å². The van der Waals surface area contributed by atoms with Crippen LogP contribution in [0.15, 0.2) is 64.7 Å². The molecule has 0 spiro atoms. The zero-order chi connectivity index (χ0) is 32.3. The molecule has 17 heteroatoms. The zero-order valence-corrected chi connectivity index (χ0v) is 22.3. The first kappa shape index (κ1) is 35.0. The van der Waals surface area contributed by atoms with Crippen molar-refractivity contribution >= 4 is 17.7 Å². The number of esters is 1. The van der Waals surface area contributed by atoms with Gasteiger partial charge in [0.25, 0.3) is 5.91 Å². The van der Waals surface area contributed by atoms with E-state index in [0.29, 0.717) is 18.1 Å². The molecule has 0 saturated heterocycles. The Hall–Kier alpha value is -4.18. The average Bonchev–Trinajstić information content (AvgIpc) is 3.08. The molecular formula is C26H25F9N2O6. The summed E-state index contributed by atoms with van der Waals surface area (Å²) < 4.78 is 131. The molecule has 0 atom stereocenters. The summed E-state index contributed by atoms with van der Waals surface area (Å²) in [5.74, 6) is -3.85. The summed E-state index contributed by atoms with van der Waals surface area (Å²) in [7, 11) is 0. The summed E-state index contributed by atoms with van der Waals surface area (Å²) in [6, 6.07) is 4.43. The van der Waals surface area contributed by atoms with Crippen molar-refractivity contribution in [3.05, 3.63) is 65.3 Å². The van der Waals surface area contributed by atoms with Gasteiger partial charge in [0.2, 0.25) is 5.88 Å². The van der Waals surface area contributed by atoms with Gasteiger partial charge in [-0.15, -0.1) is 13.2 Å². The minimum Gasteiger partial charge on any atom is -0.484 e. The molecule has 1 aliphatic rings. The van der Waals surface area contributed by atoms with Crippen LogP contribution in [0.25, 0.3) is 0 Å². The van der Waals surface area contributed by atoms with Gasteiger partial charge in [-0.1, -0.05) is 25.1 Å². The maximum Gasteiger partial charge on any atom is 0.573 e. The number of amidine groups is 1. The molecule has 8 nitrogen and oxygen atoms in total. The van der Waals surface area contributed by atoms with Gasteiger partial charge in [-0.05, 0) is 30.2 Å². The Kier molecular flexibility index (Phi) is 12.5. The molecule has 43 heavy (non-hydrogen) atoms. The van der Waals surface area contributed by atoms with Crippen LogP contribution in [0.2, 0.25) is 0 Å². The molecule has 0 unspecified atom stereocenters. The topological polar surface area (TPSA) is 95.5 Å². The van der Waals surface area contributed by atoms with Gasteiger partial charge in [-0.2, -0.15) is 31.3 Å². The molecule has 1 amide bonds. The molecule has 1 aromatic carbocycles. The fraction of sp³-hybridized carbons (Fsp3) is 0.423. The number of nitrogens with zero attached hydrogens (tertiary/aromatic N) is 1. The van der Waals surface area contributed by atoms with Crippen molar-refractivity contribution in [2.75, 3.05) is 19.8 Å². The van der Waals surface area contributed by atoms with Gasteiger partial charge in [-0.3, -0.25) is 9.59 Å². The summed E-state index contributed by atoms with van der Waals surface area (Å²) in [6.45, 7) is -1.77. The summed E-state index contributed by atoms with van der Waals surface area (Å²) in [5, 5.41) is 2.30. The molecule has 1 aliphatic heterocycles. The Balaban J connectivity index is 2.29. The van der Waals surface area contributed by atoms with Crippen LogP contribution in [-0.4, -0.2) is 56.2 Å². The van der Waals surface area contributed by atoms with Crippen molar-refractivity contribution in [2.24, 2.45) is 4.99 Å². The van der Waals surface area contributed by atoms with Gasteiger partial charge in [0.05, 0.1) is 13.0 Å². The second-order valence-corrected chi connectivity index (χ2v) is 8.64. The number of alkyl halides is 9. The molecule has 0 radical (unpaired) electrons. The van der Waals surface area contributed by atoms with Crippen molar-refractivity contribution in [3.63, 3.8) is 0 Å². The van der Waals surface area contributed by atoms with E-state index in [1.54, 1.807) is 6.92 Å². The van der Waals surface area contributed by atoms with Crippen LogP contribution < -0.4 is 10.1 Å². The molecule has 1 aromatic rings. The number of benzene rings is 1. The molecule has 0 bridgehead atoms. The van der Waals surface area contributed by atoms with Crippen LogP contribution in [0.5, 0.6) is 5.75 Å². The van der Waals surface area contributed by atoms with Gasteiger partial charge in [-0.25, -0.2) is 0 Å². The Morgan fingerprint density at radius 3 is 2.16 bits per heavy atom. The second kappa shape index (κ2) is 15.3. The van der Waals surface area contributed by atoms with Gasteiger partial charge in [0, 0.05) is 24.5 Å². The van der Waals surface area contributed by atoms with E-state index < -0.39 is 67.6 Å². The summed E-state index contributed by atoms with van der Waals surface area (Å²) in [5.41, 5.74) is 0.182. The Morgan fingerprint density at radius 2 is 1.58 bits per heavy atom. The van der Waals surface area contributed by atoms with E-state index >= 15 is 0 Å². The smallest absolute Gasteiger partial charge is 0.484 e. The van der Waals surface area contributed by atoms with Gasteiger partial charge < -0.3 is 24.3 Å². The van der Waals surface area contributed by atoms with Crippen LogP contribution in [-0.2, 0) is 30.2 Å². The molecular weight excluding hydrogens is 607 g/mol. The van der Waals surface area contributed by atoms with Crippen molar-refractivity contribution in [1.82, 2.24) is 5.32 Å². The standard InChI is InChI=1S/C26H25F9N2O6/c1-2-11-40-22(38)10-5-17(12-16-3-6-18(7-4-16)43-26(33,34)35)23(39)37-20-9-8-19(41-14-24(27,28)29)13-21(36-20)42-15-25(30,31)32/h3-8,13H,2,9-12,14-15H2,1H3,(H,36,37,39)/b17-5-. The normalized spacial score (nSPS) is 14.6. The van der Waals surface area contributed by atoms with Crippen LogP contribution in [0.3, 0.4) is 0 Å². The lowest BCUT2D eigenvalue weighted by atomic mass is 10.0. The number of ether oxygens (including phenoxy) is 4. The number of hydrogen-bond acceptors (Lipinski definition) is 7. The van der Waals surface area contributed by atoms with Gasteiger partial charge >= 0.3 is 24.7 Å². The number of allylic oxidation sites excluding steroid dienone is 1. The zero-order valence-electron chi connectivity index (χ0n) is 22.3. The van der Waals surface area contributed by atoms with E-state index in [-0.39, 0.29) is 30.9 Å². The largest absolute Gasteiger partial charge is 0.573 e. The average molecular weight is 632 g/mol. The quantitative estimate of drug-likeness (QED) is 0.168. The number of nitrogens with one attached hydrogen (secondary N) is 1. The van der Waals surface area contributed by atoms with E-state index in [0.717, 1.165) is 18.2 Å².